The van der Waals surface area contributed by atoms with Crippen molar-refractivity contribution in [1.29, 1.82) is 0 Å². The van der Waals surface area contributed by atoms with E-state index < -0.39 is 97.5 Å². The highest BCUT2D eigenvalue weighted by molar-refractivity contribution is 7.47. The van der Waals surface area contributed by atoms with Crippen LogP contribution in [0.25, 0.3) is 0 Å². The maximum atomic E-state index is 13.1. The van der Waals surface area contributed by atoms with E-state index in [1.165, 1.54) is 199 Å². The van der Waals surface area contributed by atoms with Crippen LogP contribution in [-0.4, -0.2) is 96.7 Å². The van der Waals surface area contributed by atoms with Crippen LogP contribution in [0.1, 0.15) is 408 Å². The molecule has 3 N–H and O–H groups in total. The molecule has 0 radical (unpaired) electrons. The molecule has 0 aromatic heterocycles. The van der Waals surface area contributed by atoms with Crippen molar-refractivity contribution >= 4 is 39.5 Å². The van der Waals surface area contributed by atoms with E-state index in [9.17, 15) is 43.2 Å². The Hall–Kier alpha value is -2.46. The molecule has 0 rings (SSSR count). The SMILES string of the molecule is CCCCCC/C=C\C=C/CCCCCCCC(=O)O[C@H](COC(=O)CCCCCCCCCCCCCCCCCCCCC(C)CC)COP(=O)(O)OCC(O)COP(=O)(O)OC[C@@H](COC(=O)CCCCCCCCCC(C)C)OC(=O)CCCCCCCCCCCCCCC(C)C. The van der Waals surface area contributed by atoms with Gasteiger partial charge in [-0.05, 0) is 69.1 Å². The maximum absolute atomic E-state index is 13.1. The summed E-state index contributed by atoms with van der Waals surface area (Å²) in [6, 6.07) is 0. The third kappa shape index (κ3) is 74.4. The van der Waals surface area contributed by atoms with Crippen molar-refractivity contribution in [3.8, 4) is 0 Å². The molecule has 602 valence electrons. The summed E-state index contributed by atoms with van der Waals surface area (Å²) in [6.07, 6.45) is 64.8. The van der Waals surface area contributed by atoms with Crippen molar-refractivity contribution in [1.82, 2.24) is 0 Å². The lowest BCUT2D eigenvalue weighted by Crippen LogP contribution is -2.30. The molecule has 0 heterocycles. The highest BCUT2D eigenvalue weighted by Gasteiger charge is 2.30. The lowest BCUT2D eigenvalue weighted by molar-refractivity contribution is -0.161. The highest BCUT2D eigenvalue weighted by Crippen LogP contribution is 2.45. The molecule has 0 saturated carbocycles. The van der Waals surface area contributed by atoms with Crippen molar-refractivity contribution in [3.05, 3.63) is 24.3 Å². The summed E-state index contributed by atoms with van der Waals surface area (Å²) in [4.78, 5) is 73.0. The van der Waals surface area contributed by atoms with Gasteiger partial charge >= 0.3 is 39.5 Å². The molecule has 0 spiro atoms. The van der Waals surface area contributed by atoms with E-state index >= 15 is 0 Å². The molecule has 0 amide bonds. The number of aliphatic hydroxyl groups excluding tert-OH is 1. The second-order valence-electron chi connectivity index (χ2n) is 30.4. The first-order chi connectivity index (χ1) is 49.3. The van der Waals surface area contributed by atoms with E-state index in [0.717, 1.165) is 121 Å². The first-order valence-corrected chi connectivity index (χ1v) is 45.2. The minimum absolute atomic E-state index is 0.0853. The average molecular weight is 1490 g/mol. The van der Waals surface area contributed by atoms with Gasteiger partial charge < -0.3 is 33.8 Å². The van der Waals surface area contributed by atoms with Gasteiger partial charge in [-0.3, -0.25) is 37.3 Å². The molecule has 0 bridgehead atoms. The van der Waals surface area contributed by atoms with Crippen LogP contribution in [0.2, 0.25) is 0 Å². The van der Waals surface area contributed by atoms with Gasteiger partial charge in [-0.2, -0.15) is 0 Å². The van der Waals surface area contributed by atoms with Gasteiger partial charge in [0, 0.05) is 25.7 Å². The fraction of sp³-hybridized carbons (Fsp3) is 0.904. The number of carbonyl (C=O) groups is 4. The molecule has 0 saturated heterocycles. The number of hydrogen-bond donors (Lipinski definition) is 3. The first kappa shape index (κ1) is 99.5. The van der Waals surface area contributed by atoms with Crippen molar-refractivity contribution in [2.75, 3.05) is 39.6 Å². The van der Waals surface area contributed by atoms with E-state index in [1.807, 2.05) is 0 Å². The van der Waals surface area contributed by atoms with Crippen molar-refractivity contribution < 1.29 is 80.2 Å². The zero-order chi connectivity index (χ0) is 75.1. The highest BCUT2D eigenvalue weighted by atomic mass is 31.2. The minimum Gasteiger partial charge on any atom is -0.462 e. The molecule has 0 fully saturated rings. The van der Waals surface area contributed by atoms with E-state index in [-0.39, 0.29) is 25.7 Å². The fourth-order valence-electron chi connectivity index (χ4n) is 12.3. The van der Waals surface area contributed by atoms with Crippen LogP contribution in [0, 0.1) is 17.8 Å². The zero-order valence-corrected chi connectivity index (χ0v) is 68.4. The van der Waals surface area contributed by atoms with Gasteiger partial charge in [0.2, 0.25) is 0 Å². The Labute approximate surface area is 624 Å². The van der Waals surface area contributed by atoms with E-state index in [2.05, 4.69) is 72.8 Å². The lowest BCUT2D eigenvalue weighted by atomic mass is 9.99. The molecule has 0 aromatic carbocycles. The van der Waals surface area contributed by atoms with Crippen LogP contribution >= 0.6 is 15.6 Å². The van der Waals surface area contributed by atoms with Crippen LogP contribution in [-0.2, 0) is 65.4 Å². The van der Waals surface area contributed by atoms with Crippen LogP contribution < -0.4 is 0 Å². The summed E-state index contributed by atoms with van der Waals surface area (Å²) in [7, 11) is -9.94. The van der Waals surface area contributed by atoms with Gasteiger partial charge in [-0.1, -0.05) is 355 Å². The summed E-state index contributed by atoms with van der Waals surface area (Å²) in [5, 5.41) is 10.6. The number of hydrogen-bond acceptors (Lipinski definition) is 15. The van der Waals surface area contributed by atoms with Gasteiger partial charge in [0.1, 0.15) is 19.3 Å². The molecule has 0 aliphatic heterocycles. The molecule has 0 aromatic rings. The number of allylic oxidation sites excluding steroid dienone is 4. The Morgan fingerprint density at radius 2 is 0.578 bits per heavy atom. The van der Waals surface area contributed by atoms with Gasteiger partial charge in [0.15, 0.2) is 12.2 Å². The van der Waals surface area contributed by atoms with E-state index in [4.69, 9.17) is 37.0 Å². The number of phosphoric ester groups is 2. The second kappa shape index (κ2) is 72.7. The Balaban J connectivity index is 5.23. The third-order valence-corrected chi connectivity index (χ3v) is 21.0. The zero-order valence-electron chi connectivity index (χ0n) is 66.6. The van der Waals surface area contributed by atoms with Crippen molar-refractivity contribution in [2.45, 2.75) is 426 Å². The number of ether oxygens (including phenoxy) is 4. The summed E-state index contributed by atoms with van der Waals surface area (Å²) in [6.45, 7) is 11.9. The summed E-state index contributed by atoms with van der Waals surface area (Å²) >= 11 is 0. The number of phosphoric acid groups is 2. The van der Waals surface area contributed by atoms with Crippen LogP contribution in [0.4, 0.5) is 0 Å². The smallest absolute Gasteiger partial charge is 0.462 e. The Kier molecular flexibility index (Phi) is 71.0. The number of esters is 4. The topological polar surface area (TPSA) is 237 Å². The van der Waals surface area contributed by atoms with Gasteiger partial charge in [-0.15, -0.1) is 0 Å². The molecular weight excluding hydrogens is 1330 g/mol. The molecule has 17 nitrogen and oxygen atoms in total. The predicted molar refractivity (Wildman–Crippen MR) is 418 cm³/mol. The molecule has 6 atom stereocenters. The number of unbranched alkanes of at least 4 members (excludes halogenated alkanes) is 43. The van der Waals surface area contributed by atoms with Crippen molar-refractivity contribution in [2.24, 2.45) is 17.8 Å². The number of aliphatic hydroxyl groups is 1. The molecule has 0 aliphatic carbocycles. The summed E-state index contributed by atoms with van der Waals surface area (Å²) in [5.74, 6) is 0.210. The predicted octanol–water partition coefficient (Wildman–Crippen LogP) is 24.5. The monoisotopic (exact) mass is 1490 g/mol. The van der Waals surface area contributed by atoms with Crippen LogP contribution in [0.5, 0.6) is 0 Å². The average Bonchev–Trinajstić information content (AvgIpc) is 0.909. The Morgan fingerprint density at radius 3 is 0.873 bits per heavy atom. The Morgan fingerprint density at radius 1 is 0.324 bits per heavy atom. The molecule has 19 heteroatoms. The van der Waals surface area contributed by atoms with Gasteiger partial charge in [0.25, 0.3) is 0 Å². The maximum Gasteiger partial charge on any atom is 0.472 e. The van der Waals surface area contributed by atoms with Gasteiger partial charge in [0.05, 0.1) is 26.4 Å². The van der Waals surface area contributed by atoms with Crippen molar-refractivity contribution in [3.63, 3.8) is 0 Å². The fourth-order valence-corrected chi connectivity index (χ4v) is 13.8. The largest absolute Gasteiger partial charge is 0.472 e. The standard InChI is InChI=1S/C83H158O17P2/c1-8-10-11-12-13-14-15-16-21-26-32-37-44-52-59-66-82(87)99-78(70-93-80(85)64-57-50-43-36-31-25-23-20-18-17-19-22-24-30-35-42-49-56-63-76(7)9-2)72-97-101(89,90)95-68-77(84)69-96-102(91,92)98-73-79(71-94-81(86)65-58-51-46-39-41-48-55-62-75(5)6)100-83(88)67-60-53-45-38-33-28-27-29-34-40-47-54-61-74(3)4/h14-16,21,74-79,84H,8-13,17-20,22-73H2,1-7H3,(H,89,90)(H,91,92)/b15-14-,21-16-/t76?,77?,78-,79-/m1/s1. The van der Waals surface area contributed by atoms with E-state index in [1.54, 1.807) is 0 Å². The summed E-state index contributed by atoms with van der Waals surface area (Å²) < 4.78 is 68.7. The Bertz CT molecular complexity index is 2070. The first-order valence-electron chi connectivity index (χ1n) is 42.2. The van der Waals surface area contributed by atoms with Crippen LogP contribution in [0.15, 0.2) is 24.3 Å². The number of carbonyl (C=O) groups excluding carboxylic acids is 4. The minimum atomic E-state index is -4.97. The normalized spacial score (nSPS) is 14.4. The molecule has 102 heavy (non-hydrogen) atoms. The van der Waals surface area contributed by atoms with E-state index in [0.29, 0.717) is 31.6 Å². The third-order valence-electron chi connectivity index (χ3n) is 19.1. The quantitative estimate of drug-likeness (QED) is 0.0169. The lowest BCUT2D eigenvalue weighted by Gasteiger charge is -2.21. The number of rotatable bonds is 79. The molecule has 4 unspecified atom stereocenters. The molecular formula is C83H158O17P2. The summed E-state index contributed by atoms with van der Waals surface area (Å²) in [5.41, 5.74) is 0. The second-order valence-corrected chi connectivity index (χ2v) is 33.3. The van der Waals surface area contributed by atoms with Gasteiger partial charge in [-0.25, -0.2) is 9.13 Å². The van der Waals surface area contributed by atoms with Crippen LogP contribution in [0.3, 0.4) is 0 Å². The molecule has 0 aliphatic rings.